The molecule has 0 radical (unpaired) electrons. The van der Waals surface area contributed by atoms with E-state index in [1.807, 2.05) is 78.2 Å². The molecular formula is C80H92N10O15. The first kappa shape index (κ1) is 73.0. The zero-order valence-corrected chi connectivity index (χ0v) is 60.7. The number of amides is 6. The van der Waals surface area contributed by atoms with E-state index in [1.165, 1.54) is 7.11 Å². The Balaban J connectivity index is 0.557. The Hall–Kier alpha value is -10.3. The number of aliphatic hydroxyl groups excluding tert-OH is 1. The van der Waals surface area contributed by atoms with Gasteiger partial charge in [-0.05, 0) is 130 Å². The van der Waals surface area contributed by atoms with Crippen molar-refractivity contribution < 1.29 is 71.9 Å². The van der Waals surface area contributed by atoms with Crippen molar-refractivity contribution in [3.63, 3.8) is 0 Å². The highest BCUT2D eigenvalue weighted by atomic mass is 16.6. The number of fused-ring (bicyclic) bond motifs is 9. The summed E-state index contributed by atoms with van der Waals surface area (Å²) >= 11 is 0. The average molecular weight is 1430 g/mol. The van der Waals surface area contributed by atoms with Gasteiger partial charge in [0.2, 0.25) is 17.7 Å². The van der Waals surface area contributed by atoms with Gasteiger partial charge in [-0.1, -0.05) is 85.8 Å². The van der Waals surface area contributed by atoms with Gasteiger partial charge in [0.1, 0.15) is 18.1 Å². The van der Waals surface area contributed by atoms with Crippen LogP contribution in [0.25, 0.3) is 22.5 Å². The molecule has 6 heterocycles. The molecule has 552 valence electrons. The largest absolute Gasteiger partial charge is 0.493 e. The molecule has 0 bridgehead atoms. The third-order valence-corrected chi connectivity index (χ3v) is 21.8. The molecule has 2 aliphatic carbocycles. The van der Waals surface area contributed by atoms with Crippen LogP contribution in [0.4, 0.5) is 21.9 Å². The van der Waals surface area contributed by atoms with Crippen molar-refractivity contribution in [3.8, 4) is 45.5 Å². The number of Topliss-reactive ketones (excluding diaryl/α,β-unsaturated/α-hetero) is 3. The molecule has 6 aromatic rings. The van der Waals surface area contributed by atoms with E-state index >= 15 is 0 Å². The first-order valence-electron chi connectivity index (χ1n) is 36.7. The van der Waals surface area contributed by atoms with Gasteiger partial charge in [0, 0.05) is 93.0 Å². The van der Waals surface area contributed by atoms with Crippen LogP contribution in [0, 0.1) is 22.7 Å². The highest BCUT2D eigenvalue weighted by Crippen LogP contribution is 2.58. The molecule has 25 heteroatoms. The number of rotatable bonds is 29. The van der Waals surface area contributed by atoms with Crippen LogP contribution in [0.5, 0.6) is 23.0 Å². The minimum Gasteiger partial charge on any atom is -0.493 e. The standard InChI is InChI=1S/C80H92N10O15/c1-47(2)58(34-55(92)42-82-70(94)25-23-54(91)24-26-71(95)86-43-52-15-9-10-16-56(52)72-73(90(48(3)4)85-84-72)57-17-11-12-18-62(57)86)74(96)83-49(5)65(93)33-50-19-21-51(22-20-50)44-105-78(100)89-63-38-69(67(102-7)36-60(63)76(98)88-46-80(29-30-80)40-64(88)77(89)99)104-32-14-8-13-31-103-68-37-61-59(35-66(68)101-6)75(97)87-45-79(27-28-79)39-53(87)41-81-61/h9-12,15-22,35-38,41,47-49,53,58,64,77,99H,8,13-14,23-34,39-40,42-46H2,1-7H3,(H,82,94)(H,83,96)/t49-,53-,58-,64-,77?/m0/s1. The summed E-state index contributed by atoms with van der Waals surface area (Å²) in [6.45, 7) is 10.6. The lowest BCUT2D eigenvalue weighted by Gasteiger charge is -2.31. The van der Waals surface area contributed by atoms with E-state index in [4.69, 9.17) is 28.7 Å². The van der Waals surface area contributed by atoms with Crippen molar-refractivity contribution in [2.45, 2.75) is 174 Å². The number of aliphatic imine (C=N–C) groups is 1. The van der Waals surface area contributed by atoms with E-state index in [1.54, 1.807) is 86.2 Å². The summed E-state index contributed by atoms with van der Waals surface area (Å²) in [6.07, 6.45) is 6.31. The molecule has 5 atom stereocenters. The molecule has 105 heavy (non-hydrogen) atoms. The third kappa shape index (κ3) is 15.7. The molecular weight excluding hydrogens is 1340 g/mol. The fourth-order valence-electron chi connectivity index (χ4n) is 15.2. The van der Waals surface area contributed by atoms with Crippen LogP contribution >= 0.6 is 0 Å². The number of ketones is 3. The molecule has 13 rings (SSSR count). The Morgan fingerprint density at radius 2 is 1.30 bits per heavy atom. The summed E-state index contributed by atoms with van der Waals surface area (Å²) in [5.74, 6) is -2.29. The molecule has 6 amide bonds. The lowest BCUT2D eigenvalue weighted by atomic mass is 9.89. The van der Waals surface area contributed by atoms with E-state index in [0.717, 1.165) is 71.6 Å². The number of ether oxygens (including phenoxy) is 5. The zero-order chi connectivity index (χ0) is 74.0. The van der Waals surface area contributed by atoms with E-state index in [9.17, 15) is 48.3 Å². The van der Waals surface area contributed by atoms with Crippen molar-refractivity contribution in [3.05, 3.63) is 125 Å². The lowest BCUT2D eigenvalue weighted by Crippen LogP contribution is -2.50. The van der Waals surface area contributed by atoms with E-state index in [0.29, 0.717) is 78.4 Å². The summed E-state index contributed by atoms with van der Waals surface area (Å²) < 4.78 is 31.7. The number of aromatic nitrogens is 3. The molecule has 25 nitrogen and oxygen atoms in total. The summed E-state index contributed by atoms with van der Waals surface area (Å²) in [5, 5.41) is 26.6. The number of carbonyl (C=O) groups is 9. The third-order valence-electron chi connectivity index (χ3n) is 21.8. The van der Waals surface area contributed by atoms with Gasteiger partial charge in [-0.15, -0.1) is 5.10 Å². The summed E-state index contributed by atoms with van der Waals surface area (Å²) in [5.41, 5.74) is 7.36. The summed E-state index contributed by atoms with van der Waals surface area (Å²) in [6, 6.07) is 27.1. The number of unbranched alkanes of at least 4 members (excludes halogenated alkanes) is 2. The predicted octanol–water partition coefficient (Wildman–Crippen LogP) is 10.7. The van der Waals surface area contributed by atoms with Crippen LogP contribution in [0.3, 0.4) is 0 Å². The van der Waals surface area contributed by atoms with Gasteiger partial charge in [-0.25, -0.2) is 14.4 Å². The summed E-state index contributed by atoms with van der Waals surface area (Å²) in [4.78, 5) is 135. The van der Waals surface area contributed by atoms with Crippen LogP contribution < -0.4 is 39.4 Å². The topological polar surface area (TPSA) is 300 Å². The predicted molar refractivity (Wildman–Crippen MR) is 390 cm³/mol. The molecule has 3 N–H and O–H groups in total. The molecule has 2 saturated carbocycles. The maximum Gasteiger partial charge on any atom is 0.416 e. The van der Waals surface area contributed by atoms with Crippen LogP contribution in [-0.4, -0.2) is 161 Å². The van der Waals surface area contributed by atoms with Gasteiger partial charge >= 0.3 is 6.09 Å². The number of hydrogen-bond donors (Lipinski definition) is 3. The van der Waals surface area contributed by atoms with Crippen molar-refractivity contribution in [1.29, 1.82) is 0 Å². The number of benzene rings is 5. The number of nitrogens with zero attached hydrogens (tertiary/aromatic N) is 8. The zero-order valence-electron chi connectivity index (χ0n) is 60.7. The molecule has 5 aromatic carbocycles. The second-order valence-corrected chi connectivity index (χ2v) is 29.9. The number of para-hydroxylation sites is 1. The smallest absolute Gasteiger partial charge is 0.416 e. The number of carbonyl (C=O) groups excluding carboxylic acids is 9. The first-order valence-corrected chi connectivity index (χ1v) is 36.7. The molecule has 7 aliphatic rings. The van der Waals surface area contributed by atoms with Gasteiger partial charge in [-0.2, -0.15) is 0 Å². The highest BCUT2D eigenvalue weighted by molar-refractivity contribution is 6.07. The fourth-order valence-corrected chi connectivity index (χ4v) is 15.2. The SMILES string of the molecule is COc1cc2c(cc1OCCCCCOc1cc3c(cc1OC)C(=O)N1CC4(CC4)C[C@H]1C(O)N3C(=O)OCc1ccc(CC(=O)[C@H](C)NC(=O)[C@@H](CC(=O)CNC(=O)CCC(=O)CCC(=O)N3Cc4ccccc4-c4nnn(C(C)C)c4-c4ccccc43)C(C)C)cc1)N=C[C@@H]1CC3(CC3)CN1C2=O. The van der Waals surface area contributed by atoms with Crippen molar-refractivity contribution in [2.24, 2.45) is 27.7 Å². The maximum atomic E-state index is 14.5. The number of methoxy groups -OCH3 is 2. The minimum absolute atomic E-state index is 0.0128. The Morgan fingerprint density at radius 1 is 0.667 bits per heavy atom. The van der Waals surface area contributed by atoms with E-state index in [2.05, 4.69) is 20.9 Å². The Kier molecular flexibility index (Phi) is 21.4. The molecule has 5 aliphatic heterocycles. The van der Waals surface area contributed by atoms with Gasteiger partial charge in [-0.3, -0.25) is 43.3 Å². The second-order valence-electron chi connectivity index (χ2n) is 29.9. The number of anilines is 2. The Bertz CT molecular complexity index is 4400. The molecule has 1 unspecified atom stereocenters. The summed E-state index contributed by atoms with van der Waals surface area (Å²) in [7, 11) is 3.02. The van der Waals surface area contributed by atoms with Gasteiger partial charge < -0.3 is 54.1 Å². The second kappa shape index (κ2) is 30.8. The molecule has 1 aromatic heterocycles. The van der Waals surface area contributed by atoms with Crippen LogP contribution in [-0.2, 0) is 53.1 Å². The first-order chi connectivity index (χ1) is 50.5. The number of hydrogen-bond acceptors (Lipinski definition) is 18. The van der Waals surface area contributed by atoms with Crippen LogP contribution in [0.2, 0.25) is 0 Å². The normalized spacial score (nSPS) is 18.8. The Labute approximate surface area is 610 Å². The van der Waals surface area contributed by atoms with Gasteiger partial charge in [0.05, 0.1) is 92.5 Å². The molecule has 2 saturated heterocycles. The van der Waals surface area contributed by atoms with Crippen molar-refractivity contribution in [1.82, 2.24) is 35.4 Å². The van der Waals surface area contributed by atoms with Gasteiger partial charge in [0.15, 0.2) is 40.8 Å². The molecule has 4 fully saturated rings. The average Bonchev–Trinajstić information content (AvgIpc) is 1.58. The number of aliphatic hydroxyl groups is 1. The highest BCUT2D eigenvalue weighted by Gasteiger charge is 2.58. The van der Waals surface area contributed by atoms with Crippen molar-refractivity contribution in [2.75, 3.05) is 56.9 Å². The maximum absolute atomic E-state index is 14.5. The minimum atomic E-state index is -1.46. The van der Waals surface area contributed by atoms with E-state index < -0.39 is 47.9 Å². The number of nitrogens with one attached hydrogen (secondary N) is 2. The van der Waals surface area contributed by atoms with E-state index in [-0.39, 0.29) is 146 Å². The quantitative estimate of drug-likeness (QED) is 0.0368. The monoisotopic (exact) mass is 1430 g/mol. The lowest BCUT2D eigenvalue weighted by molar-refractivity contribution is -0.133. The van der Waals surface area contributed by atoms with Crippen LogP contribution in [0.15, 0.2) is 102 Å². The van der Waals surface area contributed by atoms with Gasteiger partial charge in [0.25, 0.3) is 11.8 Å². The molecule has 2 spiro atoms. The Morgan fingerprint density at radius 3 is 2.00 bits per heavy atom. The van der Waals surface area contributed by atoms with Crippen molar-refractivity contribution >= 4 is 76.3 Å². The fraction of sp³-hybridized carbons (Fsp3) is 0.475. The van der Waals surface area contributed by atoms with Crippen LogP contribution in [0.1, 0.15) is 168 Å².